The van der Waals surface area contributed by atoms with Crippen molar-refractivity contribution in [3.05, 3.63) is 129 Å². The van der Waals surface area contributed by atoms with E-state index in [9.17, 15) is 0 Å². The SMILES string of the molecule is CCc1cc(-c2ccc(C(C)(C)C)cc2)c2c(c1)[CH]([Zr]([Cl])([Cl])([CH]1C(C(C)C)=Cc3c(-c4ccc(C(C)(C)C)cc4)cccc31)[SiH](C)C)C(C)=C2. The molecule has 6 rings (SSSR count). The van der Waals surface area contributed by atoms with E-state index >= 15 is 0 Å². The number of hydrogen-bond donors (Lipinski definition) is 0. The molecule has 0 aliphatic heterocycles. The summed E-state index contributed by atoms with van der Waals surface area (Å²) in [7, 11) is 17.4. The molecule has 4 aromatic carbocycles. The van der Waals surface area contributed by atoms with Crippen LogP contribution < -0.4 is 0 Å². The van der Waals surface area contributed by atoms with Crippen LogP contribution in [0.5, 0.6) is 0 Å². The first kappa shape index (κ1) is 37.8. The molecule has 0 fully saturated rings. The van der Waals surface area contributed by atoms with E-state index in [0.29, 0.717) is 5.92 Å². The Bertz CT molecular complexity index is 2000. The number of hydrogen-bond acceptors (Lipinski definition) is 0. The zero-order chi connectivity index (χ0) is 36.6. The number of fused-ring (bicyclic) bond motifs is 2. The van der Waals surface area contributed by atoms with Crippen molar-refractivity contribution in [1.29, 1.82) is 0 Å². The molecule has 0 saturated heterocycles. The van der Waals surface area contributed by atoms with Gasteiger partial charge in [-0.1, -0.05) is 0 Å². The molecule has 0 aromatic heterocycles. The van der Waals surface area contributed by atoms with E-state index in [-0.39, 0.29) is 18.1 Å². The molecule has 2 aliphatic carbocycles. The van der Waals surface area contributed by atoms with Crippen molar-refractivity contribution in [2.45, 2.75) is 107 Å². The summed E-state index contributed by atoms with van der Waals surface area (Å²) >= 11 is -4.87. The van der Waals surface area contributed by atoms with Crippen molar-refractivity contribution in [2.24, 2.45) is 5.92 Å². The summed E-state index contributed by atoms with van der Waals surface area (Å²) in [6.07, 6.45) is 5.91. The van der Waals surface area contributed by atoms with Crippen LogP contribution in [0.4, 0.5) is 0 Å². The number of benzene rings is 4. The summed E-state index contributed by atoms with van der Waals surface area (Å²) < 4.78 is 0.155. The van der Waals surface area contributed by atoms with E-state index in [2.05, 4.69) is 173 Å². The summed E-state index contributed by atoms with van der Waals surface area (Å²) in [5.41, 5.74) is 17.6. The first-order chi connectivity index (χ1) is 23.3. The summed E-state index contributed by atoms with van der Waals surface area (Å²) in [5, 5.41) is 0. The summed E-state index contributed by atoms with van der Waals surface area (Å²) in [5.74, 6) is -1.32. The molecule has 0 bridgehead atoms. The van der Waals surface area contributed by atoms with Gasteiger partial charge in [0.1, 0.15) is 0 Å². The minimum atomic E-state index is -4.87. The third-order valence-electron chi connectivity index (χ3n) is 11.9. The van der Waals surface area contributed by atoms with Gasteiger partial charge in [-0.3, -0.25) is 0 Å². The van der Waals surface area contributed by atoms with Gasteiger partial charge in [-0.05, 0) is 0 Å². The van der Waals surface area contributed by atoms with Crippen molar-refractivity contribution < 1.29 is 15.6 Å². The molecule has 0 nitrogen and oxygen atoms in total. The van der Waals surface area contributed by atoms with Gasteiger partial charge in [-0.15, -0.1) is 0 Å². The van der Waals surface area contributed by atoms with Gasteiger partial charge in [0, 0.05) is 0 Å². The van der Waals surface area contributed by atoms with Crippen LogP contribution in [0.25, 0.3) is 34.4 Å². The molecule has 263 valence electrons. The van der Waals surface area contributed by atoms with Gasteiger partial charge in [0.25, 0.3) is 0 Å². The molecule has 2 unspecified atom stereocenters. The third-order valence-corrected chi connectivity index (χ3v) is 63.9. The standard InChI is InChI=1S/2C22H25.C2H7Si.2ClH.Zr/c1-15(2)18-13-17-7-6-8-20(21(17)14-18)16-9-11-19(12-10-16)22(3,4)5;1-6-16-13-18-11-15(2)12-20(18)21(14-16)17-7-9-19(10-8-17)22(3,4)5;1-3-2;;;/h6-15H,1-5H3;7-14H,6H2,1-5H3;3H,1-2H3;2*1H;/q;;;;;+2/p-2. The fraction of sp³-hybridized carbons (Fsp3) is 0.391. The number of halogens is 2. The maximum absolute atomic E-state index is 8.72. The van der Waals surface area contributed by atoms with Gasteiger partial charge in [-0.2, -0.15) is 0 Å². The number of rotatable bonds is 7. The Balaban J connectivity index is 1.55. The van der Waals surface area contributed by atoms with Gasteiger partial charge in [0.05, 0.1) is 0 Å². The zero-order valence-corrected chi connectivity index (χ0v) is 37.6. The van der Waals surface area contributed by atoms with Crippen LogP contribution >= 0.6 is 17.0 Å². The molecular formula is C46H57Cl2SiZr. The molecule has 0 radical (unpaired) electrons. The average molecular weight is 800 g/mol. The molecule has 0 saturated carbocycles. The van der Waals surface area contributed by atoms with Crippen LogP contribution in [0.2, 0.25) is 13.1 Å². The van der Waals surface area contributed by atoms with Gasteiger partial charge in [0.2, 0.25) is 0 Å². The van der Waals surface area contributed by atoms with Crippen molar-refractivity contribution in [3.63, 3.8) is 0 Å². The molecule has 50 heavy (non-hydrogen) atoms. The third kappa shape index (κ3) is 6.27. The Morgan fingerprint density at radius 2 is 1.20 bits per heavy atom. The molecule has 0 spiro atoms. The normalized spacial score (nSPS) is 18.5. The van der Waals surface area contributed by atoms with E-state index in [1.165, 1.54) is 72.3 Å². The Kier molecular flexibility index (Phi) is 9.95. The van der Waals surface area contributed by atoms with Crippen LogP contribution in [0, 0.1) is 5.92 Å². The Morgan fingerprint density at radius 1 is 0.680 bits per heavy atom. The van der Waals surface area contributed by atoms with Gasteiger partial charge in [-0.25, -0.2) is 0 Å². The van der Waals surface area contributed by atoms with Crippen molar-refractivity contribution in [1.82, 2.24) is 0 Å². The van der Waals surface area contributed by atoms with Crippen LogP contribution in [0.1, 0.15) is 115 Å². The van der Waals surface area contributed by atoms with Gasteiger partial charge < -0.3 is 0 Å². The maximum atomic E-state index is 8.72. The van der Waals surface area contributed by atoms with Crippen LogP contribution in [0.15, 0.2) is 90.0 Å². The second kappa shape index (κ2) is 13.2. The van der Waals surface area contributed by atoms with Crippen LogP contribution in [0.3, 0.4) is 0 Å². The first-order valence-electron chi connectivity index (χ1n) is 18.8. The molecule has 0 amide bonds. The number of allylic oxidation sites excluding steroid dienone is 2. The molecule has 4 heteroatoms. The minimum absolute atomic E-state index is 0.0772. The Labute approximate surface area is 312 Å². The van der Waals surface area contributed by atoms with Crippen molar-refractivity contribution in [2.75, 3.05) is 0 Å². The molecule has 0 heterocycles. The van der Waals surface area contributed by atoms with E-state index in [1.807, 2.05) is 0 Å². The summed E-state index contributed by atoms with van der Waals surface area (Å²) in [6.45, 7) is 27.9. The first-order valence-corrected chi connectivity index (χ1v) is 35.1. The topological polar surface area (TPSA) is 0 Å². The summed E-state index contributed by atoms with van der Waals surface area (Å²) in [4.78, 5) is 0. The second-order valence-corrected chi connectivity index (χ2v) is 60.4. The van der Waals surface area contributed by atoms with Crippen LogP contribution in [-0.4, -0.2) is 5.92 Å². The quantitative estimate of drug-likeness (QED) is 0.163. The fourth-order valence-corrected chi connectivity index (χ4v) is 41.0. The van der Waals surface area contributed by atoms with Crippen LogP contribution in [-0.2, 0) is 32.8 Å². The number of aryl methyl sites for hydroxylation is 1. The molecule has 4 aromatic rings. The Morgan fingerprint density at radius 3 is 1.68 bits per heavy atom. The van der Waals surface area contributed by atoms with Gasteiger partial charge >= 0.3 is 315 Å². The Hall–Kier alpha value is -1.96. The fourth-order valence-electron chi connectivity index (χ4n) is 8.79. The van der Waals surface area contributed by atoms with Crippen molar-refractivity contribution >= 4 is 35.1 Å². The summed E-state index contributed by atoms with van der Waals surface area (Å²) in [6, 6.07) is 30.2. The molecule has 0 N–H and O–H groups in total. The van der Waals surface area contributed by atoms with Gasteiger partial charge in [0.15, 0.2) is 0 Å². The van der Waals surface area contributed by atoms with E-state index in [1.54, 1.807) is 0 Å². The molecular weight excluding hydrogens is 743 g/mol. The predicted molar refractivity (Wildman–Crippen MR) is 223 cm³/mol. The average Bonchev–Trinajstić information content (AvgIpc) is 3.62. The zero-order valence-electron chi connectivity index (χ0n) is 32.4. The second-order valence-electron chi connectivity index (χ2n) is 17.9. The molecule has 2 aliphatic rings. The van der Waals surface area contributed by atoms with Crippen molar-refractivity contribution in [3.8, 4) is 22.3 Å². The van der Waals surface area contributed by atoms with E-state index in [0.717, 1.165) is 6.42 Å². The molecule has 2 atom stereocenters. The van der Waals surface area contributed by atoms with E-state index in [4.69, 9.17) is 17.0 Å². The monoisotopic (exact) mass is 797 g/mol. The van der Waals surface area contributed by atoms with E-state index < -0.39 is 21.5 Å². The predicted octanol–water partition coefficient (Wildman–Crippen LogP) is 14.4.